The third-order valence-corrected chi connectivity index (χ3v) is 5.85. The topological polar surface area (TPSA) is 84.5 Å². The molecule has 6 nitrogen and oxygen atoms in total. The molecule has 0 atom stereocenters. The first-order valence-electron chi connectivity index (χ1n) is 7.89. The number of carbonyl (C=O) groups excluding carboxylic acids is 1. The molecule has 1 heterocycles. The number of carbonyl (C=O) groups is 1. The Balaban J connectivity index is 0.00000312. The zero-order chi connectivity index (χ0) is 17.6. The highest BCUT2D eigenvalue weighted by molar-refractivity contribution is 7.89. The van der Waals surface area contributed by atoms with E-state index in [1.165, 1.54) is 11.3 Å². The molecule has 0 fully saturated rings. The molecule has 0 radical (unpaired) electrons. The summed E-state index contributed by atoms with van der Waals surface area (Å²) in [5.74, 6) is -0.386. The molecule has 2 aromatic rings. The lowest BCUT2D eigenvalue weighted by Gasteiger charge is -2.07. The van der Waals surface area contributed by atoms with Crippen molar-refractivity contribution in [2.45, 2.75) is 25.2 Å². The smallest absolute Gasteiger partial charge is 0.348 e. The summed E-state index contributed by atoms with van der Waals surface area (Å²) in [7, 11) is -3.56. The fraction of sp³-hybridized carbons (Fsp3) is 0.438. The van der Waals surface area contributed by atoms with Crippen LogP contribution in [-0.4, -0.2) is 40.6 Å². The molecule has 0 amide bonds. The minimum Gasteiger partial charge on any atom is -0.462 e. The van der Waals surface area contributed by atoms with Crippen LogP contribution in [0.1, 0.15) is 29.9 Å². The van der Waals surface area contributed by atoms with Crippen molar-refractivity contribution in [3.63, 3.8) is 0 Å². The maximum Gasteiger partial charge on any atom is 0.348 e. The number of hydrogen-bond acceptors (Lipinski definition) is 6. The largest absolute Gasteiger partial charge is 0.462 e. The maximum atomic E-state index is 12.3. The highest BCUT2D eigenvalue weighted by Crippen LogP contribution is 2.28. The normalized spacial score (nSPS) is 11.3. The summed E-state index contributed by atoms with van der Waals surface area (Å²) < 4.78 is 33.0. The molecule has 0 aliphatic rings. The number of halogens is 1. The number of sulfonamides is 1. The van der Waals surface area contributed by atoms with Gasteiger partial charge in [-0.3, -0.25) is 0 Å². The first kappa shape index (κ1) is 21.9. The van der Waals surface area contributed by atoms with Crippen molar-refractivity contribution >= 4 is 49.8 Å². The molecular formula is C16H23ClN2O4S2. The molecule has 0 saturated carbocycles. The first-order chi connectivity index (χ1) is 11.5. The molecule has 1 aromatic heterocycles. The van der Waals surface area contributed by atoms with Gasteiger partial charge in [0.25, 0.3) is 0 Å². The standard InChI is InChI=1S/C16H22N2O4S2.ClH/c1-3-7-17-8-9-18-24(20,21)13-5-6-14-12(10-13)11-15(23-14)16(19)22-4-2;/h5-6,10-11,17-18H,3-4,7-9H2,1-2H3;1H. The quantitative estimate of drug-likeness (QED) is 0.494. The van der Waals surface area contributed by atoms with Crippen LogP contribution in [-0.2, 0) is 14.8 Å². The molecule has 0 aliphatic heterocycles. The molecule has 0 saturated heterocycles. The van der Waals surface area contributed by atoms with Gasteiger partial charge in [-0.05, 0) is 49.5 Å². The van der Waals surface area contributed by atoms with E-state index < -0.39 is 10.0 Å². The summed E-state index contributed by atoms with van der Waals surface area (Å²) in [5, 5.41) is 3.86. The SMILES string of the molecule is CCCNCCNS(=O)(=O)c1ccc2sc(C(=O)OCC)cc2c1.Cl. The Kier molecular flexibility index (Phi) is 8.81. The predicted octanol–water partition coefficient (Wildman–Crippen LogP) is 2.78. The van der Waals surface area contributed by atoms with Crippen LogP contribution in [0.4, 0.5) is 0 Å². The average molecular weight is 407 g/mol. The second kappa shape index (κ2) is 10.1. The van der Waals surface area contributed by atoms with Gasteiger partial charge in [-0.2, -0.15) is 0 Å². The third-order valence-electron chi connectivity index (χ3n) is 3.30. The van der Waals surface area contributed by atoms with Crippen LogP contribution >= 0.6 is 23.7 Å². The molecule has 0 unspecified atom stereocenters. The summed E-state index contributed by atoms with van der Waals surface area (Å²) in [6.45, 7) is 5.88. The summed E-state index contributed by atoms with van der Waals surface area (Å²) in [6, 6.07) is 6.51. The van der Waals surface area contributed by atoms with E-state index in [-0.39, 0.29) is 23.3 Å². The van der Waals surface area contributed by atoms with Gasteiger partial charge in [0.15, 0.2) is 0 Å². The van der Waals surface area contributed by atoms with Gasteiger partial charge >= 0.3 is 5.97 Å². The summed E-state index contributed by atoms with van der Waals surface area (Å²) in [4.78, 5) is 12.4. The van der Waals surface area contributed by atoms with E-state index in [2.05, 4.69) is 17.0 Å². The van der Waals surface area contributed by atoms with E-state index in [9.17, 15) is 13.2 Å². The maximum absolute atomic E-state index is 12.3. The second-order valence-electron chi connectivity index (χ2n) is 5.18. The van der Waals surface area contributed by atoms with Crippen LogP contribution in [0, 0.1) is 0 Å². The van der Waals surface area contributed by atoms with Crippen molar-refractivity contribution in [2.24, 2.45) is 0 Å². The van der Waals surface area contributed by atoms with Gasteiger partial charge in [-0.15, -0.1) is 23.7 Å². The minimum atomic E-state index is -3.56. The number of esters is 1. The first-order valence-corrected chi connectivity index (χ1v) is 10.2. The monoisotopic (exact) mass is 406 g/mol. The van der Waals surface area contributed by atoms with Crippen molar-refractivity contribution in [2.75, 3.05) is 26.2 Å². The van der Waals surface area contributed by atoms with Gasteiger partial charge in [0.05, 0.1) is 11.5 Å². The third kappa shape index (κ3) is 5.93. The highest BCUT2D eigenvalue weighted by Gasteiger charge is 2.16. The number of nitrogens with one attached hydrogen (secondary N) is 2. The Morgan fingerprint density at radius 1 is 1.16 bits per heavy atom. The zero-order valence-electron chi connectivity index (χ0n) is 14.2. The lowest BCUT2D eigenvalue weighted by Crippen LogP contribution is -2.32. The number of rotatable bonds is 9. The molecule has 0 spiro atoms. The Hall–Kier alpha value is -1.19. The van der Waals surface area contributed by atoms with Crippen molar-refractivity contribution in [1.82, 2.24) is 10.0 Å². The lowest BCUT2D eigenvalue weighted by atomic mass is 10.2. The van der Waals surface area contributed by atoms with E-state index in [1.54, 1.807) is 31.2 Å². The number of thiophene rings is 1. The van der Waals surface area contributed by atoms with E-state index in [0.717, 1.165) is 23.1 Å². The summed E-state index contributed by atoms with van der Waals surface area (Å²) in [6.07, 6.45) is 1.00. The molecular weight excluding hydrogens is 384 g/mol. The minimum absolute atomic E-state index is 0. The Bertz CT molecular complexity index is 806. The fourth-order valence-corrected chi connectivity index (χ4v) is 4.15. The fourth-order valence-electron chi connectivity index (χ4n) is 2.15. The molecule has 9 heteroatoms. The summed E-state index contributed by atoms with van der Waals surface area (Å²) >= 11 is 1.29. The van der Waals surface area contributed by atoms with Crippen LogP contribution in [0.15, 0.2) is 29.2 Å². The number of benzene rings is 1. The molecule has 0 bridgehead atoms. The molecule has 2 N–H and O–H groups in total. The number of hydrogen-bond donors (Lipinski definition) is 2. The van der Waals surface area contributed by atoms with E-state index in [4.69, 9.17) is 4.74 Å². The van der Waals surface area contributed by atoms with Crippen molar-refractivity contribution in [3.8, 4) is 0 Å². The number of ether oxygens (including phenoxy) is 1. The second-order valence-corrected chi connectivity index (χ2v) is 8.03. The van der Waals surface area contributed by atoms with Crippen LogP contribution in [0.25, 0.3) is 10.1 Å². The van der Waals surface area contributed by atoms with Gasteiger partial charge in [-0.25, -0.2) is 17.9 Å². The van der Waals surface area contributed by atoms with E-state index in [0.29, 0.717) is 24.6 Å². The lowest BCUT2D eigenvalue weighted by molar-refractivity contribution is 0.0532. The molecule has 2 rings (SSSR count). The molecule has 140 valence electrons. The zero-order valence-corrected chi connectivity index (χ0v) is 16.7. The van der Waals surface area contributed by atoms with Crippen molar-refractivity contribution in [1.29, 1.82) is 0 Å². The van der Waals surface area contributed by atoms with Crippen LogP contribution < -0.4 is 10.0 Å². The Morgan fingerprint density at radius 2 is 1.92 bits per heavy atom. The molecule has 0 aliphatic carbocycles. The van der Waals surface area contributed by atoms with Gasteiger partial charge in [0.2, 0.25) is 10.0 Å². The van der Waals surface area contributed by atoms with Crippen molar-refractivity contribution < 1.29 is 17.9 Å². The van der Waals surface area contributed by atoms with Gasteiger partial charge in [-0.1, -0.05) is 6.92 Å². The van der Waals surface area contributed by atoms with Crippen LogP contribution in [0.2, 0.25) is 0 Å². The Labute approximate surface area is 158 Å². The summed E-state index contributed by atoms with van der Waals surface area (Å²) in [5.41, 5.74) is 0. The predicted molar refractivity (Wildman–Crippen MR) is 103 cm³/mol. The highest BCUT2D eigenvalue weighted by atomic mass is 35.5. The van der Waals surface area contributed by atoms with E-state index in [1.807, 2.05) is 0 Å². The molecule has 25 heavy (non-hydrogen) atoms. The van der Waals surface area contributed by atoms with E-state index >= 15 is 0 Å². The number of fused-ring (bicyclic) bond motifs is 1. The van der Waals surface area contributed by atoms with Gasteiger partial charge in [0, 0.05) is 17.8 Å². The van der Waals surface area contributed by atoms with Crippen molar-refractivity contribution in [3.05, 3.63) is 29.1 Å². The molecule has 1 aromatic carbocycles. The van der Waals surface area contributed by atoms with Gasteiger partial charge < -0.3 is 10.1 Å². The van der Waals surface area contributed by atoms with Crippen LogP contribution in [0.3, 0.4) is 0 Å². The average Bonchev–Trinajstić information content (AvgIpc) is 2.98. The van der Waals surface area contributed by atoms with Crippen LogP contribution in [0.5, 0.6) is 0 Å². The van der Waals surface area contributed by atoms with Gasteiger partial charge in [0.1, 0.15) is 4.88 Å². The Morgan fingerprint density at radius 3 is 2.60 bits per heavy atom.